The summed E-state index contributed by atoms with van der Waals surface area (Å²) in [6, 6.07) is 0. The first-order valence-electron chi connectivity index (χ1n) is 9.66. The second-order valence-electron chi connectivity index (χ2n) is 9.30. The van der Waals surface area contributed by atoms with Crippen LogP contribution in [0.4, 0.5) is 0 Å². The van der Waals surface area contributed by atoms with E-state index in [1.165, 1.54) is 64.2 Å². The molecule has 4 aliphatic carbocycles. The van der Waals surface area contributed by atoms with Crippen molar-refractivity contribution in [1.82, 2.24) is 0 Å². The van der Waals surface area contributed by atoms with Gasteiger partial charge in [0.2, 0.25) is 0 Å². The molecule has 4 unspecified atom stereocenters. The van der Waals surface area contributed by atoms with Crippen LogP contribution in [0.2, 0.25) is 0 Å². The van der Waals surface area contributed by atoms with Gasteiger partial charge in [-0.1, -0.05) is 46.5 Å². The van der Waals surface area contributed by atoms with Crippen molar-refractivity contribution in [2.45, 2.75) is 97.5 Å². The lowest BCUT2D eigenvalue weighted by Gasteiger charge is -2.63. The minimum Gasteiger partial charge on any atom is -0.393 e. The first kappa shape index (κ1) is 15.8. The van der Waals surface area contributed by atoms with Gasteiger partial charge < -0.3 is 5.11 Å². The van der Waals surface area contributed by atoms with E-state index in [0.29, 0.717) is 10.8 Å². The first-order valence-corrected chi connectivity index (χ1v) is 9.66. The van der Waals surface area contributed by atoms with Crippen LogP contribution in [0.1, 0.15) is 91.4 Å². The lowest BCUT2D eigenvalue weighted by molar-refractivity contribution is -0.157. The van der Waals surface area contributed by atoms with Gasteiger partial charge in [0.25, 0.3) is 0 Å². The van der Waals surface area contributed by atoms with Gasteiger partial charge in [-0.25, -0.2) is 0 Å². The molecule has 0 radical (unpaired) electrons. The van der Waals surface area contributed by atoms with Crippen LogP contribution in [0.3, 0.4) is 0 Å². The van der Waals surface area contributed by atoms with Crippen molar-refractivity contribution in [3.05, 3.63) is 0 Å². The summed E-state index contributed by atoms with van der Waals surface area (Å²) in [5, 5.41) is 11.1. The summed E-state index contributed by atoms with van der Waals surface area (Å²) in [6.45, 7) is 7.11. The van der Waals surface area contributed by atoms with E-state index in [1.54, 1.807) is 0 Å². The van der Waals surface area contributed by atoms with E-state index in [0.717, 1.165) is 24.2 Å². The molecule has 4 atom stereocenters. The van der Waals surface area contributed by atoms with Crippen molar-refractivity contribution < 1.29 is 5.11 Å². The van der Waals surface area contributed by atoms with Gasteiger partial charge >= 0.3 is 0 Å². The second kappa shape index (κ2) is 5.87. The molecule has 4 bridgehead atoms. The minimum atomic E-state index is -0.0236. The Balaban J connectivity index is 1.67. The third-order valence-electron chi connectivity index (χ3n) is 7.21. The maximum atomic E-state index is 11.1. The molecule has 4 fully saturated rings. The zero-order chi connectivity index (χ0) is 15.1. The van der Waals surface area contributed by atoms with E-state index in [4.69, 9.17) is 0 Å². The molecular weight excluding hydrogens is 256 g/mol. The molecular formula is C20H36O. The number of aliphatic hydroxyl groups excluding tert-OH is 1. The Bertz CT molecular complexity index is 347. The fourth-order valence-electron chi connectivity index (χ4n) is 6.74. The molecule has 4 saturated carbocycles. The summed E-state index contributed by atoms with van der Waals surface area (Å²) < 4.78 is 0. The lowest BCUT2D eigenvalue weighted by atomic mass is 9.43. The summed E-state index contributed by atoms with van der Waals surface area (Å²) >= 11 is 0. The standard InChI is InChI=1S/C20H36O/c1-4-6-7-15(5-2)9-18(21)20-12-16-8-17(13-20)11-19(3,10-16)14-20/h15-18,21H,4-14H2,1-3H3. The zero-order valence-corrected chi connectivity index (χ0v) is 14.5. The lowest BCUT2D eigenvalue weighted by Crippen LogP contribution is -2.55. The highest BCUT2D eigenvalue weighted by Crippen LogP contribution is 2.66. The van der Waals surface area contributed by atoms with Crippen LogP contribution in [0.5, 0.6) is 0 Å². The average molecular weight is 293 g/mol. The largest absolute Gasteiger partial charge is 0.393 e. The van der Waals surface area contributed by atoms with Crippen molar-refractivity contribution in [3.63, 3.8) is 0 Å². The maximum Gasteiger partial charge on any atom is 0.0599 e. The zero-order valence-electron chi connectivity index (χ0n) is 14.5. The Morgan fingerprint density at radius 2 is 1.76 bits per heavy atom. The molecule has 4 rings (SSSR count). The van der Waals surface area contributed by atoms with Crippen molar-refractivity contribution in [1.29, 1.82) is 0 Å². The molecule has 0 aliphatic heterocycles. The van der Waals surface area contributed by atoms with E-state index < -0.39 is 0 Å². The van der Waals surface area contributed by atoms with Crippen LogP contribution in [0.25, 0.3) is 0 Å². The van der Waals surface area contributed by atoms with E-state index in [-0.39, 0.29) is 6.10 Å². The van der Waals surface area contributed by atoms with Gasteiger partial charge in [-0.2, -0.15) is 0 Å². The Kier molecular flexibility index (Phi) is 4.43. The van der Waals surface area contributed by atoms with E-state index in [2.05, 4.69) is 20.8 Å². The summed E-state index contributed by atoms with van der Waals surface area (Å²) in [7, 11) is 0. The van der Waals surface area contributed by atoms with E-state index in [9.17, 15) is 5.11 Å². The fraction of sp³-hybridized carbons (Fsp3) is 1.00. The van der Waals surface area contributed by atoms with Gasteiger partial charge in [0, 0.05) is 0 Å². The van der Waals surface area contributed by atoms with Gasteiger partial charge in [-0.15, -0.1) is 0 Å². The Morgan fingerprint density at radius 1 is 1.10 bits per heavy atom. The van der Waals surface area contributed by atoms with Gasteiger partial charge in [-0.05, 0) is 73.5 Å². The molecule has 0 spiro atoms. The van der Waals surface area contributed by atoms with Crippen LogP contribution in [0.15, 0.2) is 0 Å². The van der Waals surface area contributed by atoms with E-state index in [1.807, 2.05) is 0 Å². The summed E-state index contributed by atoms with van der Waals surface area (Å²) in [6.07, 6.45) is 14.6. The maximum absolute atomic E-state index is 11.1. The molecule has 0 heterocycles. The van der Waals surface area contributed by atoms with Crippen molar-refractivity contribution in [3.8, 4) is 0 Å². The Morgan fingerprint density at radius 3 is 2.29 bits per heavy atom. The molecule has 0 saturated heterocycles. The number of unbranched alkanes of at least 4 members (excludes halogenated alkanes) is 1. The third kappa shape index (κ3) is 3.05. The molecule has 0 aromatic heterocycles. The molecule has 1 N–H and O–H groups in total. The highest BCUT2D eigenvalue weighted by molar-refractivity contribution is 5.08. The monoisotopic (exact) mass is 292 g/mol. The van der Waals surface area contributed by atoms with Crippen molar-refractivity contribution in [2.75, 3.05) is 0 Å². The van der Waals surface area contributed by atoms with Crippen LogP contribution < -0.4 is 0 Å². The smallest absolute Gasteiger partial charge is 0.0599 e. The third-order valence-corrected chi connectivity index (χ3v) is 7.21. The van der Waals surface area contributed by atoms with Crippen LogP contribution in [0, 0.1) is 28.6 Å². The van der Waals surface area contributed by atoms with Gasteiger partial charge in [0.1, 0.15) is 0 Å². The molecule has 1 heteroatoms. The summed E-state index contributed by atoms with van der Waals surface area (Å²) in [5.41, 5.74) is 0.870. The molecule has 0 amide bonds. The van der Waals surface area contributed by atoms with Crippen LogP contribution in [-0.2, 0) is 0 Å². The molecule has 21 heavy (non-hydrogen) atoms. The highest BCUT2D eigenvalue weighted by atomic mass is 16.3. The molecule has 4 aliphatic rings. The number of hydrogen-bond acceptors (Lipinski definition) is 1. The molecule has 1 nitrogen and oxygen atoms in total. The normalized spacial score (nSPS) is 44.0. The molecule has 0 aromatic carbocycles. The number of hydrogen-bond donors (Lipinski definition) is 1. The van der Waals surface area contributed by atoms with Gasteiger partial charge in [-0.3, -0.25) is 0 Å². The highest BCUT2D eigenvalue weighted by Gasteiger charge is 2.58. The Labute approximate surface area is 131 Å². The summed E-state index contributed by atoms with van der Waals surface area (Å²) in [4.78, 5) is 0. The van der Waals surface area contributed by atoms with Crippen LogP contribution >= 0.6 is 0 Å². The first-order chi connectivity index (χ1) is 9.98. The SMILES string of the molecule is CCCCC(CC)CC(O)C12CC3CC(CC(C)(C3)C1)C2. The number of aliphatic hydroxyl groups is 1. The van der Waals surface area contributed by atoms with Crippen molar-refractivity contribution >= 4 is 0 Å². The van der Waals surface area contributed by atoms with Crippen LogP contribution in [-0.4, -0.2) is 11.2 Å². The topological polar surface area (TPSA) is 20.2 Å². The molecule has 0 aromatic rings. The second-order valence-corrected chi connectivity index (χ2v) is 9.30. The van der Waals surface area contributed by atoms with Gasteiger partial charge in [0.15, 0.2) is 0 Å². The van der Waals surface area contributed by atoms with Gasteiger partial charge in [0.05, 0.1) is 6.10 Å². The number of rotatable bonds is 7. The minimum absolute atomic E-state index is 0.0236. The Hall–Kier alpha value is -0.0400. The average Bonchev–Trinajstić information content (AvgIpc) is 2.40. The quantitative estimate of drug-likeness (QED) is 0.651. The van der Waals surface area contributed by atoms with Crippen molar-refractivity contribution in [2.24, 2.45) is 28.6 Å². The predicted octanol–water partition coefficient (Wildman–Crippen LogP) is 5.56. The molecule has 122 valence electrons. The fourth-order valence-corrected chi connectivity index (χ4v) is 6.74. The predicted molar refractivity (Wildman–Crippen MR) is 89.2 cm³/mol. The van der Waals surface area contributed by atoms with E-state index >= 15 is 0 Å². The summed E-state index contributed by atoms with van der Waals surface area (Å²) in [5.74, 6) is 2.61.